The van der Waals surface area contributed by atoms with E-state index in [2.05, 4.69) is 66.0 Å². The fourth-order valence-electron chi connectivity index (χ4n) is 3.39. The van der Waals surface area contributed by atoms with Gasteiger partial charge >= 0.3 is 0 Å². The molecule has 0 spiro atoms. The Hall–Kier alpha value is -2.14. The second-order valence-corrected chi connectivity index (χ2v) is 8.66. The summed E-state index contributed by atoms with van der Waals surface area (Å²) in [5.41, 5.74) is 3.53. The van der Waals surface area contributed by atoms with E-state index in [0.29, 0.717) is 5.69 Å². The van der Waals surface area contributed by atoms with Crippen LogP contribution in [-0.2, 0) is 5.41 Å². The van der Waals surface area contributed by atoms with Crippen LogP contribution in [0.25, 0.3) is 10.9 Å². The lowest BCUT2D eigenvalue weighted by Gasteiger charge is -2.44. The average Bonchev–Trinajstić information content (AvgIpc) is 2.59. The summed E-state index contributed by atoms with van der Waals surface area (Å²) in [6.07, 6.45) is 0. The normalized spacial score (nSPS) is 17.7. The van der Waals surface area contributed by atoms with Crippen molar-refractivity contribution >= 4 is 32.5 Å². The Labute approximate surface area is 160 Å². The molecule has 4 rings (SSSR count). The predicted octanol–water partition coefficient (Wildman–Crippen LogP) is 5.44. The van der Waals surface area contributed by atoms with Gasteiger partial charge in [0.15, 0.2) is 5.82 Å². The first-order valence-electron chi connectivity index (χ1n) is 8.53. The van der Waals surface area contributed by atoms with Gasteiger partial charge in [0.05, 0.1) is 11.3 Å². The molecule has 132 valence electrons. The van der Waals surface area contributed by atoms with Crippen LogP contribution in [0.3, 0.4) is 0 Å². The highest BCUT2D eigenvalue weighted by atomic mass is 79.9. The zero-order valence-corrected chi connectivity index (χ0v) is 16.7. The summed E-state index contributed by atoms with van der Waals surface area (Å²) in [7, 11) is 0. The summed E-state index contributed by atoms with van der Waals surface area (Å²) in [5, 5.41) is 9.13. The van der Waals surface area contributed by atoms with Gasteiger partial charge in [-0.05, 0) is 43.7 Å². The van der Waals surface area contributed by atoms with Crippen LogP contribution >= 0.6 is 15.9 Å². The number of nitrogens with zero attached hydrogens (tertiary/aromatic N) is 3. The Morgan fingerprint density at radius 1 is 0.962 bits per heavy atom. The van der Waals surface area contributed by atoms with Crippen LogP contribution in [0.1, 0.15) is 44.5 Å². The SMILES string of the molecule is CC1(C)N=C(c2cc3cccc(F)c3nn2)c2ccc(Br)cc2C1(C)C. The molecular weight excluding hydrogens is 393 g/mol. The van der Waals surface area contributed by atoms with Gasteiger partial charge in [0.25, 0.3) is 0 Å². The first-order valence-corrected chi connectivity index (χ1v) is 9.32. The zero-order valence-electron chi connectivity index (χ0n) is 15.1. The highest BCUT2D eigenvalue weighted by molar-refractivity contribution is 9.10. The molecule has 5 heteroatoms. The van der Waals surface area contributed by atoms with Crippen LogP contribution in [0.2, 0.25) is 0 Å². The number of hydrogen-bond acceptors (Lipinski definition) is 3. The summed E-state index contributed by atoms with van der Waals surface area (Å²) in [6.45, 7) is 8.68. The predicted molar refractivity (Wildman–Crippen MR) is 106 cm³/mol. The van der Waals surface area contributed by atoms with E-state index in [4.69, 9.17) is 4.99 Å². The van der Waals surface area contributed by atoms with Gasteiger partial charge < -0.3 is 0 Å². The molecule has 1 aromatic heterocycles. The Morgan fingerprint density at radius 3 is 2.50 bits per heavy atom. The maximum atomic E-state index is 13.9. The summed E-state index contributed by atoms with van der Waals surface area (Å²) in [5.74, 6) is -0.363. The standard InChI is InChI=1S/C21H19BrFN3/c1-20(2)15-11-13(22)8-9-14(15)19(24-21(20,3)4)17-10-12-6-5-7-16(23)18(12)26-25-17/h5-11H,1-4H3. The van der Waals surface area contributed by atoms with Crippen LogP contribution in [0, 0.1) is 5.82 Å². The van der Waals surface area contributed by atoms with Crippen LogP contribution in [0.5, 0.6) is 0 Å². The van der Waals surface area contributed by atoms with Gasteiger partial charge in [-0.2, -0.15) is 0 Å². The average molecular weight is 412 g/mol. The van der Waals surface area contributed by atoms with Gasteiger partial charge in [-0.1, -0.05) is 48.0 Å². The van der Waals surface area contributed by atoms with Crippen molar-refractivity contribution in [1.29, 1.82) is 0 Å². The third kappa shape index (κ3) is 2.49. The Balaban J connectivity index is 1.98. The van der Waals surface area contributed by atoms with E-state index in [1.165, 1.54) is 11.6 Å². The summed E-state index contributed by atoms with van der Waals surface area (Å²) >= 11 is 3.59. The molecule has 0 atom stereocenters. The lowest BCUT2D eigenvalue weighted by molar-refractivity contribution is 0.303. The lowest BCUT2D eigenvalue weighted by Crippen LogP contribution is -2.46. The van der Waals surface area contributed by atoms with Gasteiger partial charge in [0.1, 0.15) is 11.2 Å². The monoisotopic (exact) mass is 411 g/mol. The molecule has 0 radical (unpaired) electrons. The van der Waals surface area contributed by atoms with Gasteiger partial charge in [-0.3, -0.25) is 4.99 Å². The van der Waals surface area contributed by atoms with Crippen molar-refractivity contribution in [2.75, 3.05) is 0 Å². The summed E-state index contributed by atoms with van der Waals surface area (Å²) in [4.78, 5) is 5.04. The number of halogens is 2. The van der Waals surface area contributed by atoms with Crippen LogP contribution in [0.4, 0.5) is 4.39 Å². The molecule has 0 N–H and O–H groups in total. The molecular formula is C21H19BrFN3. The number of rotatable bonds is 1. The molecule has 3 nitrogen and oxygen atoms in total. The van der Waals surface area contributed by atoms with E-state index in [1.807, 2.05) is 18.2 Å². The fourth-order valence-corrected chi connectivity index (χ4v) is 3.76. The number of benzene rings is 2. The molecule has 0 fully saturated rings. The molecule has 1 aliphatic rings. The van der Waals surface area contributed by atoms with Gasteiger partial charge in [-0.25, -0.2) is 4.39 Å². The van der Waals surface area contributed by atoms with Crippen molar-refractivity contribution in [3.8, 4) is 0 Å². The van der Waals surface area contributed by atoms with Crippen LogP contribution in [-0.4, -0.2) is 21.4 Å². The Kier molecular flexibility index (Phi) is 3.77. The minimum absolute atomic E-state index is 0.147. The lowest BCUT2D eigenvalue weighted by atomic mass is 9.66. The molecule has 0 unspecified atom stereocenters. The van der Waals surface area contributed by atoms with Crippen LogP contribution in [0.15, 0.2) is 51.9 Å². The van der Waals surface area contributed by atoms with Crippen molar-refractivity contribution in [2.24, 2.45) is 4.99 Å². The first kappa shape index (κ1) is 17.3. The molecule has 26 heavy (non-hydrogen) atoms. The molecule has 1 aliphatic heterocycles. The van der Waals surface area contributed by atoms with Crippen molar-refractivity contribution in [3.63, 3.8) is 0 Å². The summed E-state index contributed by atoms with van der Waals surface area (Å²) < 4.78 is 15.0. The van der Waals surface area contributed by atoms with E-state index in [9.17, 15) is 4.39 Å². The molecule has 3 aromatic rings. The van der Waals surface area contributed by atoms with Crippen LogP contribution < -0.4 is 0 Å². The van der Waals surface area contributed by atoms with Crippen molar-refractivity contribution in [2.45, 2.75) is 38.6 Å². The largest absolute Gasteiger partial charge is 0.275 e. The zero-order chi connectivity index (χ0) is 18.7. The maximum Gasteiger partial charge on any atom is 0.151 e. The van der Waals surface area contributed by atoms with E-state index >= 15 is 0 Å². The van der Waals surface area contributed by atoms with Gasteiger partial charge in [-0.15, -0.1) is 10.2 Å². The van der Waals surface area contributed by atoms with Crippen molar-refractivity contribution < 1.29 is 4.39 Å². The number of aromatic nitrogens is 2. The van der Waals surface area contributed by atoms with E-state index in [1.54, 1.807) is 6.07 Å². The molecule has 0 aliphatic carbocycles. The molecule has 0 saturated carbocycles. The Morgan fingerprint density at radius 2 is 1.73 bits per heavy atom. The summed E-state index contributed by atoms with van der Waals surface area (Å²) in [6, 6.07) is 13.0. The highest BCUT2D eigenvalue weighted by Crippen LogP contribution is 2.44. The maximum absolute atomic E-state index is 13.9. The minimum Gasteiger partial charge on any atom is -0.275 e. The topological polar surface area (TPSA) is 38.1 Å². The first-order chi connectivity index (χ1) is 12.2. The van der Waals surface area contributed by atoms with Gasteiger partial charge in [0.2, 0.25) is 0 Å². The quantitative estimate of drug-likeness (QED) is 0.534. The minimum atomic E-state index is -0.363. The number of aliphatic imine (C=N–C) groups is 1. The Bertz CT molecular complexity index is 1070. The highest BCUT2D eigenvalue weighted by Gasteiger charge is 2.44. The smallest absolute Gasteiger partial charge is 0.151 e. The third-order valence-electron chi connectivity index (χ3n) is 5.64. The second kappa shape index (κ2) is 5.68. The molecule has 2 aromatic carbocycles. The molecule has 0 amide bonds. The van der Waals surface area contributed by atoms with Gasteiger partial charge in [0, 0.05) is 20.8 Å². The fraction of sp³-hybridized carbons (Fsp3) is 0.286. The van der Waals surface area contributed by atoms with Crippen molar-refractivity contribution in [3.05, 3.63) is 69.6 Å². The molecule has 0 bridgehead atoms. The third-order valence-corrected chi connectivity index (χ3v) is 6.13. The van der Waals surface area contributed by atoms with E-state index in [0.717, 1.165) is 21.1 Å². The van der Waals surface area contributed by atoms with Crippen molar-refractivity contribution in [1.82, 2.24) is 10.2 Å². The number of hydrogen-bond donors (Lipinski definition) is 0. The van der Waals surface area contributed by atoms with E-state index in [-0.39, 0.29) is 22.3 Å². The van der Waals surface area contributed by atoms with E-state index < -0.39 is 0 Å². The second-order valence-electron chi connectivity index (χ2n) is 7.74. The number of fused-ring (bicyclic) bond motifs is 2. The molecule has 2 heterocycles. The molecule has 0 saturated heterocycles.